The van der Waals surface area contributed by atoms with Crippen LogP contribution in [-0.2, 0) is 6.18 Å². The van der Waals surface area contributed by atoms with Gasteiger partial charge in [0.1, 0.15) is 12.0 Å². The van der Waals surface area contributed by atoms with Gasteiger partial charge in [-0.25, -0.2) is 4.98 Å². The molecule has 1 aromatic heterocycles. The van der Waals surface area contributed by atoms with Crippen molar-refractivity contribution < 1.29 is 22.9 Å². The van der Waals surface area contributed by atoms with E-state index in [1.54, 1.807) is 28.3 Å². The Morgan fingerprint density at radius 1 is 0.944 bits per heavy atom. The highest BCUT2D eigenvalue weighted by atomic mass is 19.4. The topological polar surface area (TPSA) is 84.5 Å². The summed E-state index contributed by atoms with van der Waals surface area (Å²) in [6.45, 7) is 1.09. The van der Waals surface area contributed by atoms with E-state index in [0.29, 0.717) is 11.6 Å². The molecule has 1 fully saturated rings. The van der Waals surface area contributed by atoms with Gasteiger partial charge in [0.25, 0.3) is 11.6 Å². The number of hydrogen-bond acceptors (Lipinski definition) is 5. The average Bonchev–Trinajstić information content (AvgIpc) is 3.32. The summed E-state index contributed by atoms with van der Waals surface area (Å²) in [5.41, 5.74) is 1.61. The Labute approximate surface area is 203 Å². The Morgan fingerprint density at radius 2 is 1.64 bits per heavy atom. The zero-order valence-corrected chi connectivity index (χ0v) is 18.9. The second-order valence-corrected chi connectivity index (χ2v) is 8.39. The van der Waals surface area contributed by atoms with E-state index in [-0.39, 0.29) is 37.8 Å². The summed E-state index contributed by atoms with van der Waals surface area (Å²) in [4.78, 5) is 31.3. The van der Waals surface area contributed by atoms with E-state index < -0.39 is 22.4 Å². The van der Waals surface area contributed by atoms with Gasteiger partial charge in [-0.1, -0.05) is 12.1 Å². The van der Waals surface area contributed by atoms with Gasteiger partial charge >= 0.3 is 6.18 Å². The van der Waals surface area contributed by atoms with Crippen molar-refractivity contribution in [2.45, 2.75) is 6.18 Å². The van der Waals surface area contributed by atoms with Crippen molar-refractivity contribution in [1.82, 2.24) is 14.5 Å². The maximum Gasteiger partial charge on any atom is 0.416 e. The number of imidazole rings is 1. The number of fused-ring (bicyclic) bond motifs is 1. The number of nitrogens with zero attached hydrogens (tertiary/aromatic N) is 5. The zero-order valence-electron chi connectivity index (χ0n) is 18.9. The Balaban J connectivity index is 1.28. The van der Waals surface area contributed by atoms with Crippen LogP contribution in [0.1, 0.15) is 15.9 Å². The number of carbonyl (C=O) groups is 1. The lowest BCUT2D eigenvalue weighted by Gasteiger charge is -2.36. The molecule has 11 heteroatoms. The molecule has 1 saturated heterocycles. The number of hydrogen-bond donors (Lipinski definition) is 0. The third-order valence-corrected chi connectivity index (χ3v) is 6.25. The molecule has 2 heterocycles. The lowest BCUT2D eigenvalue weighted by atomic mass is 10.1. The first-order valence-corrected chi connectivity index (χ1v) is 11.1. The molecule has 0 saturated carbocycles. The van der Waals surface area contributed by atoms with Crippen LogP contribution in [0.5, 0.6) is 0 Å². The molecule has 0 bridgehead atoms. The summed E-state index contributed by atoms with van der Waals surface area (Å²) in [5, 5.41) is 11.4. The van der Waals surface area contributed by atoms with Gasteiger partial charge in [0.2, 0.25) is 0 Å². The molecule has 36 heavy (non-hydrogen) atoms. The van der Waals surface area contributed by atoms with E-state index >= 15 is 0 Å². The number of para-hydroxylation sites is 2. The predicted molar refractivity (Wildman–Crippen MR) is 127 cm³/mol. The van der Waals surface area contributed by atoms with E-state index in [4.69, 9.17) is 0 Å². The van der Waals surface area contributed by atoms with Crippen LogP contribution in [0.3, 0.4) is 0 Å². The molecule has 1 amide bonds. The number of nitro benzene ring substituents is 1. The Morgan fingerprint density at radius 3 is 2.31 bits per heavy atom. The Kier molecular flexibility index (Phi) is 5.83. The minimum atomic E-state index is -4.67. The van der Waals surface area contributed by atoms with Crippen LogP contribution in [0.2, 0.25) is 0 Å². The van der Waals surface area contributed by atoms with Crippen LogP contribution in [-0.4, -0.2) is 51.5 Å². The fourth-order valence-electron chi connectivity index (χ4n) is 4.38. The van der Waals surface area contributed by atoms with Gasteiger partial charge < -0.3 is 9.80 Å². The second kappa shape index (κ2) is 8.99. The number of aromatic nitrogens is 2. The number of piperazine rings is 1. The van der Waals surface area contributed by atoms with Crippen molar-refractivity contribution in [2.24, 2.45) is 0 Å². The highest BCUT2D eigenvalue weighted by Crippen LogP contribution is 2.36. The fraction of sp³-hybridized carbons (Fsp3) is 0.200. The summed E-state index contributed by atoms with van der Waals surface area (Å²) >= 11 is 0. The number of benzene rings is 3. The van der Waals surface area contributed by atoms with E-state index in [2.05, 4.69) is 4.98 Å². The summed E-state index contributed by atoms with van der Waals surface area (Å²) in [6, 6.07) is 17.4. The zero-order chi connectivity index (χ0) is 25.4. The first-order valence-electron chi connectivity index (χ1n) is 11.1. The molecule has 0 spiro atoms. The fourth-order valence-corrected chi connectivity index (χ4v) is 4.38. The molecule has 4 aromatic rings. The van der Waals surface area contributed by atoms with Crippen LogP contribution in [0.4, 0.5) is 24.5 Å². The molecule has 1 aliphatic heterocycles. The van der Waals surface area contributed by atoms with Crippen LogP contribution in [0, 0.1) is 10.1 Å². The monoisotopic (exact) mass is 495 g/mol. The lowest BCUT2D eigenvalue weighted by molar-refractivity contribution is -0.384. The minimum Gasteiger partial charge on any atom is -0.362 e. The van der Waals surface area contributed by atoms with Crippen LogP contribution >= 0.6 is 0 Å². The quantitative estimate of drug-likeness (QED) is 0.297. The van der Waals surface area contributed by atoms with Crippen molar-refractivity contribution in [3.05, 3.63) is 94.3 Å². The van der Waals surface area contributed by atoms with Crippen molar-refractivity contribution in [3.8, 4) is 5.69 Å². The summed E-state index contributed by atoms with van der Waals surface area (Å²) in [7, 11) is 0. The van der Waals surface area contributed by atoms with Crippen LogP contribution in [0.15, 0.2) is 73.1 Å². The standard InChI is InChI=1S/C25H20F3N5O3/c26-25(27,28)18-7-10-22(23(15-18)33(35)36)30-11-13-31(14-12-30)24(34)17-5-8-19(9-6-17)32-16-29-20-3-1-2-4-21(20)32/h1-10,15-16H,11-14H2. The van der Waals surface area contributed by atoms with Crippen LogP contribution < -0.4 is 4.90 Å². The van der Waals surface area contributed by atoms with Gasteiger partial charge in [-0.05, 0) is 48.5 Å². The van der Waals surface area contributed by atoms with Gasteiger partial charge in [-0.15, -0.1) is 0 Å². The number of anilines is 1. The van der Waals surface area contributed by atoms with E-state index in [9.17, 15) is 28.1 Å². The third kappa shape index (κ3) is 4.35. The van der Waals surface area contributed by atoms with E-state index in [1.807, 2.05) is 41.0 Å². The first-order chi connectivity index (χ1) is 17.2. The van der Waals surface area contributed by atoms with Gasteiger partial charge in [-0.3, -0.25) is 19.5 Å². The van der Waals surface area contributed by atoms with Crippen molar-refractivity contribution in [1.29, 1.82) is 0 Å². The SMILES string of the molecule is O=C(c1ccc(-n2cnc3ccccc32)cc1)N1CCN(c2ccc(C(F)(F)F)cc2[N+](=O)[O-])CC1. The molecule has 5 rings (SSSR count). The smallest absolute Gasteiger partial charge is 0.362 e. The van der Waals surface area contributed by atoms with Gasteiger partial charge in [0.15, 0.2) is 0 Å². The first kappa shape index (κ1) is 23.3. The maximum absolute atomic E-state index is 13.0. The van der Waals surface area contributed by atoms with Gasteiger partial charge in [0.05, 0.1) is 21.5 Å². The molecular formula is C25H20F3N5O3. The largest absolute Gasteiger partial charge is 0.416 e. The van der Waals surface area contributed by atoms with Crippen LogP contribution in [0.25, 0.3) is 16.7 Å². The predicted octanol–water partition coefficient (Wildman–Crippen LogP) is 4.91. The lowest BCUT2D eigenvalue weighted by Crippen LogP contribution is -2.49. The number of carbonyl (C=O) groups excluding carboxylic acids is 1. The van der Waals surface area contributed by atoms with Crippen molar-refractivity contribution in [2.75, 3.05) is 31.1 Å². The van der Waals surface area contributed by atoms with E-state index in [0.717, 1.165) is 28.9 Å². The highest BCUT2D eigenvalue weighted by Gasteiger charge is 2.34. The summed E-state index contributed by atoms with van der Waals surface area (Å²) in [6.07, 6.45) is -2.95. The maximum atomic E-state index is 13.0. The Bertz CT molecular complexity index is 1440. The Hall–Kier alpha value is -4.41. The van der Waals surface area contributed by atoms with Gasteiger partial charge in [0, 0.05) is 43.5 Å². The molecule has 0 N–H and O–H groups in total. The normalized spacial score (nSPS) is 14.3. The molecule has 0 aliphatic carbocycles. The second-order valence-electron chi connectivity index (χ2n) is 8.39. The molecule has 1 aliphatic rings. The summed E-state index contributed by atoms with van der Waals surface area (Å²) < 4.78 is 40.9. The van der Waals surface area contributed by atoms with Gasteiger partial charge in [-0.2, -0.15) is 13.2 Å². The molecular weight excluding hydrogens is 475 g/mol. The number of amides is 1. The van der Waals surface area contributed by atoms with Crippen molar-refractivity contribution in [3.63, 3.8) is 0 Å². The highest BCUT2D eigenvalue weighted by molar-refractivity contribution is 5.94. The number of nitro groups is 1. The molecule has 0 atom stereocenters. The number of alkyl halides is 3. The van der Waals surface area contributed by atoms with E-state index in [1.165, 1.54) is 0 Å². The molecule has 8 nitrogen and oxygen atoms in total. The number of rotatable bonds is 4. The third-order valence-electron chi connectivity index (χ3n) is 6.25. The number of halogens is 3. The molecule has 0 radical (unpaired) electrons. The summed E-state index contributed by atoms with van der Waals surface area (Å²) in [5.74, 6) is -0.182. The average molecular weight is 495 g/mol. The molecule has 3 aromatic carbocycles. The van der Waals surface area contributed by atoms with Crippen molar-refractivity contribution >= 4 is 28.3 Å². The molecule has 184 valence electrons. The molecule has 0 unspecified atom stereocenters. The minimum absolute atomic E-state index is 0.108.